The first-order valence-corrected chi connectivity index (χ1v) is 7.32. The van der Waals surface area contributed by atoms with Crippen LogP contribution < -0.4 is 5.32 Å². The summed E-state index contributed by atoms with van der Waals surface area (Å²) in [5.41, 5.74) is 1.20. The number of hydrogen-bond acceptors (Lipinski definition) is 4. The van der Waals surface area contributed by atoms with E-state index < -0.39 is 5.92 Å². The zero-order valence-electron chi connectivity index (χ0n) is 11.4. The average Bonchev–Trinajstić information content (AvgIpc) is 2.91. The quantitative estimate of drug-likeness (QED) is 0.700. The SMILES string of the molecule is O=C1CC[C@@H](c2noc3ccc4cc(Cl)ccc4c23)C(=O)N1. The van der Waals surface area contributed by atoms with Crippen LogP contribution in [-0.4, -0.2) is 17.0 Å². The van der Waals surface area contributed by atoms with Crippen LogP contribution in [0.25, 0.3) is 21.7 Å². The fourth-order valence-corrected chi connectivity index (χ4v) is 3.14. The van der Waals surface area contributed by atoms with E-state index in [1.807, 2.05) is 24.3 Å². The molecule has 6 heteroatoms. The maximum absolute atomic E-state index is 12.1. The van der Waals surface area contributed by atoms with E-state index in [0.29, 0.717) is 29.1 Å². The van der Waals surface area contributed by atoms with Crippen molar-refractivity contribution >= 4 is 45.2 Å². The second-order valence-corrected chi connectivity index (χ2v) is 5.81. The lowest BCUT2D eigenvalue weighted by Crippen LogP contribution is -2.39. The Morgan fingerprint density at radius 2 is 2.09 bits per heavy atom. The molecule has 1 saturated heterocycles. The lowest BCUT2D eigenvalue weighted by Gasteiger charge is -2.19. The molecule has 1 atom stereocenters. The number of fused-ring (bicyclic) bond motifs is 3. The fraction of sp³-hybridized carbons (Fsp3) is 0.188. The molecule has 22 heavy (non-hydrogen) atoms. The first-order chi connectivity index (χ1) is 10.6. The Morgan fingerprint density at radius 3 is 2.91 bits per heavy atom. The second-order valence-electron chi connectivity index (χ2n) is 5.38. The molecule has 5 nitrogen and oxygen atoms in total. The maximum Gasteiger partial charge on any atom is 0.235 e. The summed E-state index contributed by atoms with van der Waals surface area (Å²) in [6.45, 7) is 0. The largest absolute Gasteiger partial charge is 0.356 e. The van der Waals surface area contributed by atoms with Gasteiger partial charge in [-0.15, -0.1) is 0 Å². The van der Waals surface area contributed by atoms with Gasteiger partial charge in [-0.1, -0.05) is 28.9 Å². The van der Waals surface area contributed by atoms with Gasteiger partial charge in [0.05, 0.1) is 11.3 Å². The van der Waals surface area contributed by atoms with E-state index >= 15 is 0 Å². The molecule has 2 aromatic carbocycles. The van der Waals surface area contributed by atoms with Gasteiger partial charge in [0.15, 0.2) is 5.58 Å². The third-order valence-corrected chi connectivity index (χ3v) is 4.25. The molecule has 1 N–H and O–H groups in total. The first-order valence-electron chi connectivity index (χ1n) is 6.95. The molecular formula is C16H11ClN2O3. The van der Waals surface area contributed by atoms with Crippen LogP contribution in [0, 0.1) is 0 Å². The van der Waals surface area contributed by atoms with E-state index in [0.717, 1.165) is 16.2 Å². The highest BCUT2D eigenvalue weighted by Crippen LogP contribution is 2.35. The number of rotatable bonds is 1. The topological polar surface area (TPSA) is 72.2 Å². The standard InChI is InChI=1S/C16H11ClN2O3/c17-9-2-3-10-8(7-9)1-5-12-14(10)15(19-22-12)11-4-6-13(20)18-16(11)21/h1-3,5,7,11H,4,6H2,(H,18,20,21)/t11-/m0/s1. The number of piperidine rings is 1. The van der Waals surface area contributed by atoms with Crippen molar-refractivity contribution in [1.29, 1.82) is 0 Å². The molecule has 0 unspecified atom stereocenters. The summed E-state index contributed by atoms with van der Waals surface area (Å²) < 4.78 is 5.37. The van der Waals surface area contributed by atoms with Crippen LogP contribution in [-0.2, 0) is 9.59 Å². The lowest BCUT2D eigenvalue weighted by molar-refractivity contribution is -0.134. The van der Waals surface area contributed by atoms with Gasteiger partial charge in [-0.25, -0.2) is 0 Å². The van der Waals surface area contributed by atoms with Crippen LogP contribution in [0.4, 0.5) is 0 Å². The Bertz CT molecular complexity index is 932. The number of hydrogen-bond donors (Lipinski definition) is 1. The first kappa shape index (κ1) is 13.3. The van der Waals surface area contributed by atoms with Gasteiger partial charge in [0.1, 0.15) is 5.69 Å². The van der Waals surface area contributed by atoms with Crippen LogP contribution in [0.3, 0.4) is 0 Å². The predicted molar refractivity (Wildman–Crippen MR) is 81.6 cm³/mol. The van der Waals surface area contributed by atoms with E-state index in [-0.39, 0.29) is 11.8 Å². The number of carbonyl (C=O) groups is 2. The summed E-state index contributed by atoms with van der Waals surface area (Å²) in [5.74, 6) is -1.04. The fourth-order valence-electron chi connectivity index (χ4n) is 2.96. The molecule has 0 bridgehead atoms. The molecule has 2 amide bonds. The second kappa shape index (κ2) is 4.81. The number of aromatic nitrogens is 1. The van der Waals surface area contributed by atoms with Gasteiger partial charge >= 0.3 is 0 Å². The number of nitrogens with one attached hydrogen (secondary N) is 1. The highest BCUT2D eigenvalue weighted by Gasteiger charge is 2.32. The van der Waals surface area contributed by atoms with Gasteiger partial charge in [-0.05, 0) is 35.4 Å². The summed E-state index contributed by atoms with van der Waals surface area (Å²) in [4.78, 5) is 23.4. The van der Waals surface area contributed by atoms with E-state index in [9.17, 15) is 9.59 Å². The van der Waals surface area contributed by atoms with Crippen LogP contribution >= 0.6 is 11.6 Å². The van der Waals surface area contributed by atoms with E-state index in [2.05, 4.69) is 10.5 Å². The third-order valence-electron chi connectivity index (χ3n) is 4.01. The van der Waals surface area contributed by atoms with Crippen LogP contribution in [0.2, 0.25) is 5.02 Å². The van der Waals surface area contributed by atoms with Crippen LogP contribution in [0.15, 0.2) is 34.9 Å². The minimum absolute atomic E-state index is 0.245. The highest BCUT2D eigenvalue weighted by atomic mass is 35.5. The van der Waals surface area contributed by atoms with E-state index in [4.69, 9.17) is 16.1 Å². The summed E-state index contributed by atoms with van der Waals surface area (Å²) >= 11 is 6.03. The van der Waals surface area contributed by atoms with Gasteiger partial charge in [-0.3, -0.25) is 14.9 Å². The predicted octanol–water partition coefficient (Wildman–Crippen LogP) is 3.15. The smallest absolute Gasteiger partial charge is 0.235 e. The summed E-state index contributed by atoms with van der Waals surface area (Å²) in [6, 6.07) is 9.27. The van der Waals surface area contributed by atoms with Gasteiger partial charge in [0, 0.05) is 11.4 Å². The molecule has 4 rings (SSSR count). The van der Waals surface area contributed by atoms with E-state index in [1.54, 1.807) is 6.07 Å². The normalized spacial score (nSPS) is 18.9. The molecule has 0 spiro atoms. The molecule has 0 saturated carbocycles. The van der Waals surface area contributed by atoms with Gasteiger partial charge in [-0.2, -0.15) is 0 Å². The van der Waals surface area contributed by atoms with Gasteiger partial charge < -0.3 is 4.52 Å². The minimum Gasteiger partial charge on any atom is -0.356 e. The highest BCUT2D eigenvalue weighted by molar-refractivity contribution is 6.31. The van der Waals surface area contributed by atoms with Crippen molar-refractivity contribution in [3.63, 3.8) is 0 Å². The zero-order chi connectivity index (χ0) is 15.3. The zero-order valence-corrected chi connectivity index (χ0v) is 12.2. The molecule has 1 fully saturated rings. The summed E-state index contributed by atoms with van der Waals surface area (Å²) in [5, 5.41) is 9.79. The van der Waals surface area contributed by atoms with Crippen LogP contribution in [0.5, 0.6) is 0 Å². The maximum atomic E-state index is 12.1. The number of amides is 2. The Balaban J connectivity index is 1.95. The van der Waals surface area contributed by atoms with Crippen molar-refractivity contribution in [3.05, 3.63) is 41.0 Å². The molecule has 2 heterocycles. The molecule has 1 aliphatic heterocycles. The number of nitrogens with zero attached hydrogens (tertiary/aromatic N) is 1. The monoisotopic (exact) mass is 314 g/mol. The van der Waals surface area contributed by atoms with Crippen molar-refractivity contribution in [2.75, 3.05) is 0 Å². The van der Waals surface area contributed by atoms with Crippen molar-refractivity contribution < 1.29 is 14.1 Å². The van der Waals surface area contributed by atoms with Crippen LogP contribution in [0.1, 0.15) is 24.5 Å². The minimum atomic E-state index is -0.472. The average molecular weight is 315 g/mol. The summed E-state index contributed by atoms with van der Waals surface area (Å²) in [6.07, 6.45) is 0.748. The molecular weight excluding hydrogens is 304 g/mol. The number of benzene rings is 2. The molecule has 3 aromatic rings. The van der Waals surface area contributed by atoms with Crippen molar-refractivity contribution in [3.8, 4) is 0 Å². The van der Waals surface area contributed by atoms with Crippen molar-refractivity contribution in [1.82, 2.24) is 10.5 Å². The van der Waals surface area contributed by atoms with Gasteiger partial charge in [0.2, 0.25) is 11.8 Å². The number of imide groups is 1. The number of halogens is 1. The molecule has 110 valence electrons. The summed E-state index contributed by atoms with van der Waals surface area (Å²) in [7, 11) is 0. The van der Waals surface area contributed by atoms with Crippen molar-refractivity contribution in [2.24, 2.45) is 0 Å². The third kappa shape index (κ3) is 1.97. The Hall–Kier alpha value is -2.40. The Kier molecular flexibility index (Phi) is 2.90. The van der Waals surface area contributed by atoms with E-state index in [1.165, 1.54) is 0 Å². The van der Waals surface area contributed by atoms with Gasteiger partial charge in [0.25, 0.3) is 0 Å². The Labute approximate surface area is 130 Å². The number of carbonyl (C=O) groups excluding carboxylic acids is 2. The van der Waals surface area contributed by atoms with Crippen molar-refractivity contribution in [2.45, 2.75) is 18.8 Å². The molecule has 1 aliphatic rings. The lowest BCUT2D eigenvalue weighted by atomic mass is 9.91. The molecule has 1 aromatic heterocycles. The Morgan fingerprint density at radius 1 is 1.23 bits per heavy atom. The molecule has 0 radical (unpaired) electrons. The molecule has 0 aliphatic carbocycles.